The van der Waals surface area contributed by atoms with Gasteiger partial charge < -0.3 is 9.64 Å². The molecule has 2 aromatic carbocycles. The van der Waals surface area contributed by atoms with Gasteiger partial charge in [-0.05, 0) is 49.6 Å². The molecule has 1 saturated heterocycles. The van der Waals surface area contributed by atoms with E-state index < -0.39 is 0 Å². The first-order chi connectivity index (χ1) is 13.3. The van der Waals surface area contributed by atoms with Crippen LogP contribution in [0.4, 0.5) is 0 Å². The number of benzene rings is 2. The fourth-order valence-electron chi connectivity index (χ4n) is 3.46. The second-order valence-electron chi connectivity index (χ2n) is 6.74. The highest BCUT2D eigenvalue weighted by atomic mass is 16.5. The maximum atomic E-state index is 13.2. The standard InChI is InChI=1S/C22H23N3O2/c1-27-19-12-10-18(11-13-19)25-21(22(26)24-14-6-3-7-15-24)16-20(23-25)17-8-4-2-5-9-17/h2,4-5,8-13,16H,3,6-7,14-15H2,1H3. The summed E-state index contributed by atoms with van der Waals surface area (Å²) in [5, 5.41) is 4.75. The van der Waals surface area contributed by atoms with Crippen LogP contribution >= 0.6 is 0 Å². The smallest absolute Gasteiger partial charge is 0.272 e. The number of methoxy groups -OCH3 is 1. The molecule has 1 fully saturated rings. The first-order valence-corrected chi connectivity index (χ1v) is 9.35. The molecule has 0 N–H and O–H groups in total. The van der Waals surface area contributed by atoms with Crippen LogP contribution in [0.1, 0.15) is 29.8 Å². The zero-order valence-electron chi connectivity index (χ0n) is 15.5. The molecule has 1 aromatic heterocycles. The molecule has 5 nitrogen and oxygen atoms in total. The minimum Gasteiger partial charge on any atom is -0.497 e. The summed E-state index contributed by atoms with van der Waals surface area (Å²) in [6.45, 7) is 1.63. The molecular formula is C22H23N3O2. The van der Waals surface area contributed by atoms with Crippen molar-refractivity contribution in [3.8, 4) is 22.7 Å². The lowest BCUT2D eigenvalue weighted by atomic mass is 10.1. The molecule has 0 atom stereocenters. The molecule has 1 aliphatic heterocycles. The van der Waals surface area contributed by atoms with Gasteiger partial charge in [0.05, 0.1) is 18.5 Å². The van der Waals surface area contributed by atoms with Crippen molar-refractivity contribution in [3.63, 3.8) is 0 Å². The van der Waals surface area contributed by atoms with Crippen LogP contribution in [0.5, 0.6) is 5.75 Å². The highest BCUT2D eigenvalue weighted by Gasteiger charge is 2.24. The van der Waals surface area contributed by atoms with Crippen molar-refractivity contribution in [2.45, 2.75) is 19.3 Å². The van der Waals surface area contributed by atoms with E-state index in [9.17, 15) is 4.79 Å². The van der Waals surface area contributed by atoms with E-state index in [2.05, 4.69) is 0 Å². The SMILES string of the molecule is COc1ccc(-n2nc(-c3ccccc3)cc2C(=O)N2CCCCC2)cc1. The Morgan fingerprint density at radius 1 is 0.963 bits per heavy atom. The Balaban J connectivity index is 1.77. The van der Waals surface area contributed by atoms with E-state index in [-0.39, 0.29) is 5.91 Å². The minimum absolute atomic E-state index is 0.0419. The molecule has 5 heteroatoms. The van der Waals surface area contributed by atoms with E-state index in [0.717, 1.165) is 48.6 Å². The molecule has 0 unspecified atom stereocenters. The van der Waals surface area contributed by atoms with Crippen LogP contribution in [0.3, 0.4) is 0 Å². The third-order valence-electron chi connectivity index (χ3n) is 4.96. The van der Waals surface area contributed by atoms with Gasteiger partial charge in [-0.25, -0.2) is 4.68 Å². The van der Waals surface area contributed by atoms with Crippen LogP contribution in [0.2, 0.25) is 0 Å². The van der Waals surface area contributed by atoms with Crippen molar-refractivity contribution in [2.24, 2.45) is 0 Å². The van der Waals surface area contributed by atoms with Gasteiger partial charge in [0.2, 0.25) is 0 Å². The molecule has 0 spiro atoms. The van der Waals surface area contributed by atoms with Gasteiger partial charge in [-0.3, -0.25) is 4.79 Å². The molecule has 0 radical (unpaired) electrons. The second-order valence-corrected chi connectivity index (χ2v) is 6.74. The summed E-state index contributed by atoms with van der Waals surface area (Å²) in [6, 6.07) is 19.5. The van der Waals surface area contributed by atoms with Gasteiger partial charge in [0.25, 0.3) is 5.91 Å². The zero-order chi connectivity index (χ0) is 18.6. The molecule has 0 aliphatic carbocycles. The van der Waals surface area contributed by atoms with Crippen molar-refractivity contribution in [1.29, 1.82) is 0 Å². The summed E-state index contributed by atoms with van der Waals surface area (Å²) < 4.78 is 7.00. The van der Waals surface area contributed by atoms with Gasteiger partial charge in [-0.2, -0.15) is 5.10 Å². The minimum atomic E-state index is 0.0419. The number of carbonyl (C=O) groups is 1. The Hall–Kier alpha value is -3.08. The van der Waals surface area contributed by atoms with Gasteiger partial charge >= 0.3 is 0 Å². The Kier molecular flexibility index (Phi) is 4.92. The van der Waals surface area contributed by atoms with E-state index in [0.29, 0.717) is 5.69 Å². The number of nitrogens with zero attached hydrogens (tertiary/aromatic N) is 3. The number of rotatable bonds is 4. The molecule has 3 aromatic rings. The van der Waals surface area contributed by atoms with Crippen molar-refractivity contribution >= 4 is 5.91 Å². The number of likely N-dealkylation sites (tertiary alicyclic amines) is 1. The van der Waals surface area contributed by atoms with E-state index in [1.807, 2.05) is 65.6 Å². The van der Waals surface area contributed by atoms with Gasteiger partial charge in [0.1, 0.15) is 11.4 Å². The van der Waals surface area contributed by atoms with Gasteiger partial charge in [-0.15, -0.1) is 0 Å². The van der Waals surface area contributed by atoms with Crippen LogP contribution in [0, 0.1) is 0 Å². The third-order valence-corrected chi connectivity index (χ3v) is 4.96. The second kappa shape index (κ2) is 7.66. The molecule has 138 valence electrons. The molecule has 0 bridgehead atoms. The number of hydrogen-bond acceptors (Lipinski definition) is 3. The monoisotopic (exact) mass is 361 g/mol. The maximum Gasteiger partial charge on any atom is 0.272 e. The highest BCUT2D eigenvalue weighted by Crippen LogP contribution is 2.24. The van der Waals surface area contributed by atoms with Gasteiger partial charge in [0, 0.05) is 18.7 Å². The summed E-state index contributed by atoms with van der Waals surface area (Å²) >= 11 is 0. The van der Waals surface area contributed by atoms with Crippen molar-refractivity contribution in [1.82, 2.24) is 14.7 Å². The number of piperidine rings is 1. The third kappa shape index (κ3) is 3.58. The molecule has 0 saturated carbocycles. The fourth-order valence-corrected chi connectivity index (χ4v) is 3.46. The highest BCUT2D eigenvalue weighted by molar-refractivity contribution is 5.94. The van der Waals surface area contributed by atoms with E-state index in [1.54, 1.807) is 11.8 Å². The number of ether oxygens (including phenoxy) is 1. The summed E-state index contributed by atoms with van der Waals surface area (Å²) in [6.07, 6.45) is 3.32. The first kappa shape index (κ1) is 17.3. The van der Waals surface area contributed by atoms with Crippen molar-refractivity contribution < 1.29 is 9.53 Å². The maximum absolute atomic E-state index is 13.2. The lowest BCUT2D eigenvalue weighted by Gasteiger charge is -2.26. The average Bonchev–Trinajstić information content (AvgIpc) is 3.20. The number of amides is 1. The molecule has 1 aliphatic rings. The zero-order valence-corrected chi connectivity index (χ0v) is 15.5. The summed E-state index contributed by atoms with van der Waals surface area (Å²) in [4.78, 5) is 15.1. The van der Waals surface area contributed by atoms with Crippen LogP contribution in [0.15, 0.2) is 60.7 Å². The number of hydrogen-bond donors (Lipinski definition) is 0. The van der Waals surface area contributed by atoms with Crippen molar-refractivity contribution in [3.05, 3.63) is 66.4 Å². The average molecular weight is 361 g/mol. The Bertz CT molecular complexity index is 910. The number of aromatic nitrogens is 2. The Labute approximate surface area is 159 Å². The molecule has 4 rings (SSSR count). The molecule has 27 heavy (non-hydrogen) atoms. The summed E-state index contributed by atoms with van der Waals surface area (Å²) in [5.41, 5.74) is 3.24. The van der Waals surface area contributed by atoms with Gasteiger partial charge in [0.15, 0.2) is 0 Å². The fraction of sp³-hybridized carbons (Fsp3) is 0.273. The Morgan fingerprint density at radius 2 is 1.67 bits per heavy atom. The summed E-state index contributed by atoms with van der Waals surface area (Å²) in [7, 11) is 1.64. The Morgan fingerprint density at radius 3 is 2.33 bits per heavy atom. The van der Waals surface area contributed by atoms with E-state index in [1.165, 1.54) is 6.42 Å². The van der Waals surface area contributed by atoms with Crippen LogP contribution in [-0.4, -0.2) is 40.8 Å². The van der Waals surface area contributed by atoms with E-state index in [4.69, 9.17) is 9.84 Å². The predicted molar refractivity (Wildman–Crippen MR) is 105 cm³/mol. The largest absolute Gasteiger partial charge is 0.497 e. The predicted octanol–water partition coefficient (Wildman–Crippen LogP) is 4.17. The number of carbonyl (C=O) groups excluding carboxylic acids is 1. The van der Waals surface area contributed by atoms with Crippen LogP contribution in [0.25, 0.3) is 16.9 Å². The molecule has 1 amide bonds. The van der Waals surface area contributed by atoms with Crippen molar-refractivity contribution in [2.75, 3.05) is 20.2 Å². The van der Waals surface area contributed by atoms with Crippen LogP contribution in [-0.2, 0) is 0 Å². The topological polar surface area (TPSA) is 47.4 Å². The van der Waals surface area contributed by atoms with Crippen LogP contribution < -0.4 is 4.74 Å². The molecule has 2 heterocycles. The summed E-state index contributed by atoms with van der Waals surface area (Å²) in [5.74, 6) is 0.818. The van der Waals surface area contributed by atoms with E-state index >= 15 is 0 Å². The first-order valence-electron chi connectivity index (χ1n) is 9.35. The van der Waals surface area contributed by atoms with Gasteiger partial charge in [-0.1, -0.05) is 30.3 Å². The normalized spacial score (nSPS) is 14.2. The lowest BCUT2D eigenvalue weighted by Crippen LogP contribution is -2.36. The quantitative estimate of drug-likeness (QED) is 0.701. The molecular weight excluding hydrogens is 338 g/mol. The lowest BCUT2D eigenvalue weighted by molar-refractivity contribution is 0.0715.